The van der Waals surface area contributed by atoms with Crippen molar-refractivity contribution in [3.8, 4) is 0 Å². The third kappa shape index (κ3) is 5.39. The first-order valence-electron chi connectivity index (χ1n) is 5.56. The fourth-order valence-electron chi connectivity index (χ4n) is 1.17. The molecule has 0 bridgehead atoms. The molecule has 0 aromatic carbocycles. The van der Waals surface area contributed by atoms with Crippen molar-refractivity contribution in [3.63, 3.8) is 0 Å². The standard InChI is InChI=1S/C11H21NO3S/c1-5-6-12-10(13)8(4)16-9(7(2)3)11(14)15/h7-9H,5-6H2,1-4H3,(H,12,13)(H,14,15). The summed E-state index contributed by atoms with van der Waals surface area (Å²) >= 11 is 1.21. The quantitative estimate of drug-likeness (QED) is 0.719. The average Bonchev–Trinajstić information content (AvgIpc) is 2.20. The van der Waals surface area contributed by atoms with Gasteiger partial charge in [0.05, 0.1) is 5.25 Å². The van der Waals surface area contributed by atoms with Crippen LogP contribution in [0.2, 0.25) is 0 Å². The van der Waals surface area contributed by atoms with E-state index in [0.717, 1.165) is 6.42 Å². The summed E-state index contributed by atoms with van der Waals surface area (Å²) in [5.41, 5.74) is 0. The van der Waals surface area contributed by atoms with Crippen molar-refractivity contribution >= 4 is 23.6 Å². The molecule has 0 aliphatic heterocycles. The van der Waals surface area contributed by atoms with Crippen LogP contribution in [-0.2, 0) is 9.59 Å². The number of hydrogen-bond acceptors (Lipinski definition) is 3. The van der Waals surface area contributed by atoms with Crippen LogP contribution in [0.5, 0.6) is 0 Å². The lowest BCUT2D eigenvalue weighted by molar-refractivity contribution is -0.137. The molecule has 0 heterocycles. The van der Waals surface area contributed by atoms with Gasteiger partial charge in [-0.05, 0) is 19.3 Å². The second kappa shape index (κ2) is 7.54. The van der Waals surface area contributed by atoms with Crippen LogP contribution in [0.3, 0.4) is 0 Å². The van der Waals surface area contributed by atoms with Gasteiger partial charge in [-0.1, -0.05) is 20.8 Å². The first-order valence-corrected chi connectivity index (χ1v) is 6.50. The molecule has 2 unspecified atom stereocenters. The second-order valence-corrected chi connectivity index (χ2v) is 5.56. The highest BCUT2D eigenvalue weighted by Gasteiger charge is 2.27. The molecule has 2 atom stereocenters. The molecule has 94 valence electrons. The summed E-state index contributed by atoms with van der Waals surface area (Å²) in [4.78, 5) is 22.5. The third-order valence-corrected chi connectivity index (χ3v) is 3.78. The summed E-state index contributed by atoms with van der Waals surface area (Å²) in [6.07, 6.45) is 0.885. The van der Waals surface area contributed by atoms with E-state index in [0.29, 0.717) is 6.54 Å². The molecule has 16 heavy (non-hydrogen) atoms. The largest absolute Gasteiger partial charge is 0.480 e. The van der Waals surface area contributed by atoms with E-state index in [9.17, 15) is 9.59 Å². The Morgan fingerprint density at radius 1 is 1.31 bits per heavy atom. The highest BCUT2D eigenvalue weighted by atomic mass is 32.2. The number of hydrogen-bond donors (Lipinski definition) is 2. The number of carbonyl (C=O) groups is 2. The van der Waals surface area contributed by atoms with E-state index in [4.69, 9.17) is 5.11 Å². The third-order valence-electron chi connectivity index (χ3n) is 2.12. The Morgan fingerprint density at radius 2 is 1.88 bits per heavy atom. The molecule has 0 spiro atoms. The summed E-state index contributed by atoms with van der Waals surface area (Å²) in [6.45, 7) is 8.06. The predicted octanol–water partition coefficient (Wildman–Crippen LogP) is 1.74. The van der Waals surface area contributed by atoms with Crippen molar-refractivity contribution in [3.05, 3.63) is 0 Å². The average molecular weight is 247 g/mol. The molecule has 1 amide bonds. The smallest absolute Gasteiger partial charge is 0.316 e. The van der Waals surface area contributed by atoms with Gasteiger partial charge in [0.1, 0.15) is 5.25 Å². The van der Waals surface area contributed by atoms with E-state index in [1.165, 1.54) is 11.8 Å². The van der Waals surface area contributed by atoms with Crippen LogP contribution in [0.1, 0.15) is 34.1 Å². The van der Waals surface area contributed by atoms with Crippen LogP contribution in [-0.4, -0.2) is 34.0 Å². The van der Waals surface area contributed by atoms with Gasteiger partial charge in [0, 0.05) is 6.54 Å². The molecule has 0 aromatic heterocycles. The van der Waals surface area contributed by atoms with Crippen molar-refractivity contribution in [1.29, 1.82) is 0 Å². The van der Waals surface area contributed by atoms with E-state index in [2.05, 4.69) is 5.32 Å². The van der Waals surface area contributed by atoms with Crippen LogP contribution >= 0.6 is 11.8 Å². The molecule has 0 aromatic rings. The number of rotatable bonds is 7. The lowest BCUT2D eigenvalue weighted by Crippen LogP contribution is -2.35. The molecule has 2 N–H and O–H groups in total. The maximum atomic E-state index is 11.6. The number of amides is 1. The Hall–Kier alpha value is -0.710. The monoisotopic (exact) mass is 247 g/mol. The lowest BCUT2D eigenvalue weighted by Gasteiger charge is -2.19. The zero-order valence-corrected chi connectivity index (χ0v) is 11.1. The van der Waals surface area contributed by atoms with Crippen molar-refractivity contribution in [1.82, 2.24) is 5.32 Å². The zero-order valence-electron chi connectivity index (χ0n) is 10.3. The van der Waals surface area contributed by atoms with Gasteiger partial charge in [-0.2, -0.15) is 0 Å². The van der Waals surface area contributed by atoms with E-state index < -0.39 is 11.2 Å². The SMILES string of the molecule is CCCNC(=O)C(C)SC(C(=O)O)C(C)C. The van der Waals surface area contributed by atoms with E-state index in [1.54, 1.807) is 6.92 Å². The van der Waals surface area contributed by atoms with E-state index in [1.807, 2.05) is 20.8 Å². The zero-order chi connectivity index (χ0) is 12.7. The van der Waals surface area contributed by atoms with Crippen LogP contribution in [0.15, 0.2) is 0 Å². The molecule has 0 saturated carbocycles. The Bertz CT molecular complexity index is 243. The Labute approximate surface area is 101 Å². The number of nitrogens with one attached hydrogen (secondary N) is 1. The molecular weight excluding hydrogens is 226 g/mol. The summed E-state index contributed by atoms with van der Waals surface area (Å²) < 4.78 is 0. The van der Waals surface area contributed by atoms with Crippen molar-refractivity contribution in [2.45, 2.75) is 44.6 Å². The minimum atomic E-state index is -0.852. The molecule has 0 radical (unpaired) electrons. The van der Waals surface area contributed by atoms with Crippen molar-refractivity contribution < 1.29 is 14.7 Å². The second-order valence-electron chi connectivity index (χ2n) is 4.07. The topological polar surface area (TPSA) is 66.4 Å². The van der Waals surface area contributed by atoms with Gasteiger partial charge in [0.25, 0.3) is 0 Å². The highest BCUT2D eigenvalue weighted by molar-refractivity contribution is 8.01. The fraction of sp³-hybridized carbons (Fsp3) is 0.818. The Balaban J connectivity index is 4.23. The molecule has 4 nitrogen and oxygen atoms in total. The summed E-state index contributed by atoms with van der Waals surface area (Å²) in [7, 11) is 0. The van der Waals surface area contributed by atoms with Gasteiger partial charge in [-0.15, -0.1) is 11.8 Å². The number of carbonyl (C=O) groups excluding carboxylic acids is 1. The van der Waals surface area contributed by atoms with Gasteiger partial charge in [0.2, 0.25) is 5.91 Å². The molecule has 0 aliphatic carbocycles. The molecule has 0 rings (SSSR count). The van der Waals surface area contributed by atoms with Crippen LogP contribution < -0.4 is 5.32 Å². The minimum Gasteiger partial charge on any atom is -0.480 e. The van der Waals surface area contributed by atoms with Gasteiger partial charge < -0.3 is 10.4 Å². The number of carboxylic acids is 1. The molecule has 0 saturated heterocycles. The summed E-state index contributed by atoms with van der Waals surface area (Å²) in [5, 5.41) is 10.9. The van der Waals surface area contributed by atoms with Gasteiger partial charge in [-0.3, -0.25) is 9.59 Å². The molecule has 0 fully saturated rings. The van der Waals surface area contributed by atoms with Crippen molar-refractivity contribution in [2.75, 3.05) is 6.54 Å². The fourth-order valence-corrected chi connectivity index (χ4v) is 2.25. The lowest BCUT2D eigenvalue weighted by atomic mass is 10.1. The Kier molecular flexibility index (Phi) is 7.21. The molecular formula is C11H21NO3S. The highest BCUT2D eigenvalue weighted by Crippen LogP contribution is 2.24. The normalized spacial score (nSPS) is 14.6. The predicted molar refractivity (Wildman–Crippen MR) is 66.6 cm³/mol. The van der Waals surface area contributed by atoms with E-state index in [-0.39, 0.29) is 17.1 Å². The van der Waals surface area contributed by atoms with Crippen LogP contribution in [0.4, 0.5) is 0 Å². The summed E-state index contributed by atoms with van der Waals surface area (Å²) in [6, 6.07) is 0. The number of thioether (sulfide) groups is 1. The number of aliphatic carboxylic acids is 1. The molecule has 0 aliphatic rings. The van der Waals surface area contributed by atoms with Gasteiger partial charge in [0.15, 0.2) is 0 Å². The van der Waals surface area contributed by atoms with E-state index >= 15 is 0 Å². The van der Waals surface area contributed by atoms with Crippen LogP contribution in [0, 0.1) is 5.92 Å². The van der Waals surface area contributed by atoms with Gasteiger partial charge in [-0.25, -0.2) is 0 Å². The first-order chi connectivity index (χ1) is 7.40. The summed E-state index contributed by atoms with van der Waals surface area (Å²) in [5.74, 6) is -0.919. The van der Waals surface area contributed by atoms with Gasteiger partial charge >= 0.3 is 5.97 Å². The van der Waals surface area contributed by atoms with Crippen LogP contribution in [0.25, 0.3) is 0 Å². The van der Waals surface area contributed by atoms with Crippen molar-refractivity contribution in [2.24, 2.45) is 5.92 Å². The first kappa shape index (κ1) is 15.3. The minimum absolute atomic E-state index is 0.0175. The maximum Gasteiger partial charge on any atom is 0.316 e. The number of carboxylic acid groups (broad SMARTS) is 1. The molecule has 5 heteroatoms. The maximum absolute atomic E-state index is 11.6. The Morgan fingerprint density at radius 3 is 2.25 bits per heavy atom.